The van der Waals surface area contributed by atoms with Crippen LogP contribution in [-0.4, -0.2) is 25.2 Å². The van der Waals surface area contributed by atoms with Gasteiger partial charge in [0.15, 0.2) is 0 Å². The van der Waals surface area contributed by atoms with Crippen LogP contribution >= 0.6 is 0 Å². The molecule has 0 aliphatic carbocycles. The van der Waals surface area contributed by atoms with Crippen molar-refractivity contribution in [1.29, 1.82) is 0 Å². The van der Waals surface area contributed by atoms with Crippen molar-refractivity contribution in [3.63, 3.8) is 0 Å². The van der Waals surface area contributed by atoms with E-state index in [1.165, 1.54) is 0 Å². The first kappa shape index (κ1) is 8.53. The topological polar surface area (TPSA) is 38.3 Å². The number of carbonyl (C=O) groups excluding carboxylic acids is 1. The second kappa shape index (κ2) is 3.72. The Morgan fingerprint density at radius 1 is 1.82 bits per heavy atom. The Bertz CT molecular complexity index is 152. The molecule has 3 nitrogen and oxygen atoms in total. The fourth-order valence-electron chi connectivity index (χ4n) is 1.33. The molecule has 0 amide bonds. The first-order chi connectivity index (χ1) is 5.24. The Balaban J connectivity index is 0.00000121. The van der Waals surface area contributed by atoms with Crippen LogP contribution in [0.25, 0.3) is 0 Å². The fourth-order valence-corrected chi connectivity index (χ4v) is 1.33. The summed E-state index contributed by atoms with van der Waals surface area (Å²) < 4.78 is 4.87. The molecule has 11 heavy (non-hydrogen) atoms. The van der Waals surface area contributed by atoms with Crippen molar-refractivity contribution >= 4 is 5.97 Å². The zero-order valence-corrected chi connectivity index (χ0v) is 7.09. The van der Waals surface area contributed by atoms with Gasteiger partial charge in [0.25, 0.3) is 0 Å². The lowest BCUT2D eigenvalue weighted by molar-refractivity contribution is -0.145. The lowest BCUT2D eigenvalue weighted by Gasteiger charge is -2.07. The maximum atomic E-state index is 11.1. The van der Waals surface area contributed by atoms with E-state index in [2.05, 4.69) is 12.2 Å². The molecule has 0 aromatic rings. The molecule has 1 N–H and O–H groups in total. The molecule has 66 valence electrons. The molecule has 3 heteroatoms. The van der Waals surface area contributed by atoms with E-state index in [0.717, 1.165) is 13.0 Å². The summed E-state index contributed by atoms with van der Waals surface area (Å²) in [5.74, 6) is 0.501. The van der Waals surface area contributed by atoms with Crippen LogP contribution in [0.1, 0.15) is 21.7 Å². The Kier molecular flexibility index (Phi) is 2.88. The van der Waals surface area contributed by atoms with Crippen molar-refractivity contribution in [3.05, 3.63) is 0 Å². The second-order valence-electron chi connectivity index (χ2n) is 3.05. The normalized spacial score (nSPS) is 30.4. The van der Waals surface area contributed by atoms with Crippen molar-refractivity contribution in [2.24, 2.45) is 5.92 Å². The average molecular weight is 159 g/mol. The standard InChI is InChI=1S/C8H15NO2.H2/c1-3-11-8(10)7-4-6(2)5-9-7;/h6-7,9H,3-5H2,1-2H3;1H/t6-,7-;/m0./s1. The predicted molar refractivity (Wildman–Crippen MR) is 44.3 cm³/mol. The van der Waals surface area contributed by atoms with E-state index >= 15 is 0 Å². The van der Waals surface area contributed by atoms with Gasteiger partial charge in [0.05, 0.1) is 6.61 Å². The summed E-state index contributed by atoms with van der Waals surface area (Å²) in [5.41, 5.74) is 0. The van der Waals surface area contributed by atoms with Crippen molar-refractivity contribution in [2.45, 2.75) is 26.3 Å². The molecule has 0 aromatic heterocycles. The molecule has 1 aliphatic heterocycles. The summed E-state index contributed by atoms with van der Waals surface area (Å²) in [7, 11) is 0. The maximum absolute atomic E-state index is 11.1. The molecule has 2 atom stereocenters. The summed E-state index contributed by atoms with van der Waals surface area (Å²) in [5, 5.41) is 3.12. The second-order valence-corrected chi connectivity index (χ2v) is 3.05. The summed E-state index contributed by atoms with van der Waals surface area (Å²) in [6.07, 6.45) is 0.916. The number of hydrogen-bond donors (Lipinski definition) is 1. The van der Waals surface area contributed by atoms with Crippen LogP contribution in [-0.2, 0) is 9.53 Å². The largest absolute Gasteiger partial charge is 0.465 e. The van der Waals surface area contributed by atoms with E-state index in [-0.39, 0.29) is 13.4 Å². The molecule has 0 radical (unpaired) electrons. The van der Waals surface area contributed by atoms with Crippen LogP contribution in [0.2, 0.25) is 0 Å². The first-order valence-electron chi connectivity index (χ1n) is 4.14. The summed E-state index contributed by atoms with van der Waals surface area (Å²) in [4.78, 5) is 11.1. The summed E-state index contributed by atoms with van der Waals surface area (Å²) in [6, 6.07) is -0.0510. The van der Waals surface area contributed by atoms with E-state index < -0.39 is 0 Å². The molecule has 1 saturated heterocycles. The highest BCUT2D eigenvalue weighted by Gasteiger charge is 2.27. The molecule has 1 fully saturated rings. The van der Waals surface area contributed by atoms with Gasteiger partial charge in [-0.3, -0.25) is 4.79 Å². The lowest BCUT2D eigenvalue weighted by Crippen LogP contribution is -2.32. The van der Waals surface area contributed by atoms with Gasteiger partial charge in [0, 0.05) is 1.43 Å². The Labute approximate surface area is 68.6 Å². The minimum absolute atomic E-state index is 0. The number of ether oxygens (including phenoxy) is 1. The number of rotatable bonds is 2. The maximum Gasteiger partial charge on any atom is 0.323 e. The van der Waals surface area contributed by atoms with Crippen molar-refractivity contribution in [1.82, 2.24) is 5.32 Å². The summed E-state index contributed by atoms with van der Waals surface area (Å²) >= 11 is 0. The number of hydrogen-bond acceptors (Lipinski definition) is 3. The summed E-state index contributed by atoms with van der Waals surface area (Å²) in [6.45, 7) is 5.37. The van der Waals surface area contributed by atoms with Gasteiger partial charge in [0.1, 0.15) is 6.04 Å². The van der Waals surface area contributed by atoms with Crippen molar-refractivity contribution in [2.75, 3.05) is 13.2 Å². The van der Waals surface area contributed by atoms with Crippen LogP contribution in [0.15, 0.2) is 0 Å². The quantitative estimate of drug-likeness (QED) is 0.605. The van der Waals surface area contributed by atoms with E-state index in [4.69, 9.17) is 4.74 Å². The number of carbonyl (C=O) groups is 1. The van der Waals surface area contributed by atoms with Gasteiger partial charge in [-0.15, -0.1) is 0 Å². The van der Waals surface area contributed by atoms with Gasteiger partial charge in [-0.25, -0.2) is 0 Å². The van der Waals surface area contributed by atoms with Crippen molar-refractivity contribution in [3.8, 4) is 0 Å². The molecule has 0 unspecified atom stereocenters. The highest BCUT2D eigenvalue weighted by Crippen LogP contribution is 2.13. The van der Waals surface area contributed by atoms with Crippen LogP contribution in [0.5, 0.6) is 0 Å². The van der Waals surface area contributed by atoms with Crippen LogP contribution in [0.3, 0.4) is 0 Å². The Morgan fingerprint density at radius 3 is 3.00 bits per heavy atom. The van der Waals surface area contributed by atoms with Crippen LogP contribution in [0, 0.1) is 5.92 Å². The van der Waals surface area contributed by atoms with E-state index in [1.807, 2.05) is 6.92 Å². The zero-order chi connectivity index (χ0) is 8.27. The molecule has 1 heterocycles. The monoisotopic (exact) mass is 159 g/mol. The minimum Gasteiger partial charge on any atom is -0.465 e. The molecule has 0 saturated carbocycles. The molecule has 0 bridgehead atoms. The lowest BCUT2D eigenvalue weighted by atomic mass is 10.1. The van der Waals surface area contributed by atoms with Gasteiger partial charge >= 0.3 is 5.97 Å². The predicted octanol–water partition coefficient (Wildman–Crippen LogP) is 0.793. The highest BCUT2D eigenvalue weighted by molar-refractivity contribution is 5.76. The third kappa shape index (κ3) is 2.19. The molecular formula is C8H17NO2. The molecule has 1 aliphatic rings. The smallest absolute Gasteiger partial charge is 0.323 e. The molecule has 0 spiro atoms. The minimum atomic E-state index is -0.100. The average Bonchev–Trinajstić information content (AvgIpc) is 2.36. The zero-order valence-electron chi connectivity index (χ0n) is 7.09. The van der Waals surface area contributed by atoms with Crippen molar-refractivity contribution < 1.29 is 11.0 Å². The first-order valence-corrected chi connectivity index (χ1v) is 4.14. The molecule has 1 rings (SSSR count). The SMILES string of the molecule is CCOC(=O)[C@@H]1C[C@H](C)CN1.[HH]. The van der Waals surface area contributed by atoms with Gasteiger partial charge in [0.2, 0.25) is 0 Å². The fraction of sp³-hybridized carbons (Fsp3) is 0.875. The van der Waals surface area contributed by atoms with Gasteiger partial charge in [-0.2, -0.15) is 0 Å². The number of nitrogens with one attached hydrogen (secondary N) is 1. The van der Waals surface area contributed by atoms with Gasteiger partial charge < -0.3 is 10.1 Å². The number of esters is 1. The third-order valence-electron chi connectivity index (χ3n) is 1.92. The van der Waals surface area contributed by atoms with Gasteiger partial charge in [-0.1, -0.05) is 6.92 Å². The van der Waals surface area contributed by atoms with E-state index in [0.29, 0.717) is 12.5 Å². The van der Waals surface area contributed by atoms with E-state index in [1.54, 1.807) is 0 Å². The van der Waals surface area contributed by atoms with E-state index in [9.17, 15) is 4.79 Å². The third-order valence-corrected chi connectivity index (χ3v) is 1.92. The molecular weight excluding hydrogens is 142 g/mol. The van der Waals surface area contributed by atoms with Crippen LogP contribution in [0.4, 0.5) is 0 Å². The Morgan fingerprint density at radius 2 is 2.55 bits per heavy atom. The van der Waals surface area contributed by atoms with Crippen LogP contribution < -0.4 is 5.32 Å². The molecule has 0 aromatic carbocycles. The highest BCUT2D eigenvalue weighted by atomic mass is 16.5. The Hall–Kier alpha value is -0.570. The van der Waals surface area contributed by atoms with Gasteiger partial charge in [-0.05, 0) is 25.8 Å².